The molecule has 3 nitrogen and oxygen atoms in total. The third-order valence-electron chi connectivity index (χ3n) is 2.91. The van der Waals surface area contributed by atoms with Crippen LogP contribution in [0.1, 0.15) is 26.2 Å². The van der Waals surface area contributed by atoms with Crippen molar-refractivity contribution in [3.05, 3.63) is 7.05 Å². The minimum Gasteiger partial charge on any atom is -0.457 e. The van der Waals surface area contributed by atoms with E-state index in [-0.39, 0.29) is 21.1 Å². The molecule has 1 rings (SSSR count). The number of nitrogens with zero attached hydrogens (tertiary/aromatic N) is 2. The minimum atomic E-state index is 0. The first-order valence-electron chi connectivity index (χ1n) is 6.18. The van der Waals surface area contributed by atoms with Crippen LogP contribution in [0.2, 0.25) is 0 Å². The van der Waals surface area contributed by atoms with Crippen LogP contribution in [-0.2, 0) is 25.8 Å². The number of unbranched alkanes of at least 4 members (excludes halogenated alkanes) is 2. The summed E-state index contributed by atoms with van der Waals surface area (Å²) in [5, 5.41) is 0. The van der Waals surface area contributed by atoms with Crippen molar-refractivity contribution in [1.29, 1.82) is 0 Å². The van der Waals surface area contributed by atoms with Gasteiger partial charge in [0.25, 0.3) is 0 Å². The van der Waals surface area contributed by atoms with Crippen LogP contribution in [0.15, 0.2) is 0 Å². The summed E-state index contributed by atoms with van der Waals surface area (Å²) in [7, 11) is 3.94. The second kappa shape index (κ2) is 10.7. The van der Waals surface area contributed by atoms with E-state index in [0.717, 1.165) is 45.9 Å². The maximum Gasteiger partial charge on any atom is 0.0593 e. The van der Waals surface area contributed by atoms with Crippen LogP contribution in [0.5, 0.6) is 0 Å². The molecule has 4 heteroatoms. The molecule has 0 aromatic heterocycles. The fraction of sp³-hybridized carbons (Fsp3) is 0.917. The van der Waals surface area contributed by atoms with Gasteiger partial charge in [-0.15, -0.1) is 0 Å². The van der Waals surface area contributed by atoms with E-state index in [2.05, 4.69) is 23.8 Å². The SMILES string of the molecule is [CH2-]N1CCN(CCOCCCCC)CC1.[W]. The Bertz CT molecular complexity index is 150. The second-order valence-corrected chi connectivity index (χ2v) is 4.28. The van der Waals surface area contributed by atoms with E-state index in [1.807, 2.05) is 0 Å². The van der Waals surface area contributed by atoms with Gasteiger partial charge in [-0.3, -0.25) is 11.9 Å². The standard InChI is InChI=1S/C12H25N2O.W/c1-3-4-5-11-15-12-10-14-8-6-13(2)7-9-14;/h2-12H2,1H3;/q-1;. The van der Waals surface area contributed by atoms with E-state index in [0.29, 0.717) is 0 Å². The topological polar surface area (TPSA) is 15.7 Å². The number of ether oxygens (including phenoxy) is 1. The summed E-state index contributed by atoms with van der Waals surface area (Å²) < 4.78 is 5.59. The van der Waals surface area contributed by atoms with Crippen LogP contribution in [0.3, 0.4) is 0 Å². The number of rotatable bonds is 7. The van der Waals surface area contributed by atoms with Crippen LogP contribution in [0.25, 0.3) is 0 Å². The number of hydrogen-bond donors (Lipinski definition) is 0. The molecule has 16 heavy (non-hydrogen) atoms. The third kappa shape index (κ3) is 7.78. The third-order valence-corrected chi connectivity index (χ3v) is 2.91. The summed E-state index contributed by atoms with van der Waals surface area (Å²) in [6, 6.07) is 0. The molecule has 1 saturated heterocycles. The smallest absolute Gasteiger partial charge is 0.0593 e. The van der Waals surface area contributed by atoms with Gasteiger partial charge in [0.2, 0.25) is 0 Å². The molecule has 0 amide bonds. The molecule has 0 aromatic rings. The molecule has 0 unspecified atom stereocenters. The number of piperazine rings is 1. The Morgan fingerprint density at radius 1 is 1.06 bits per heavy atom. The molecule has 0 aliphatic carbocycles. The number of hydrogen-bond acceptors (Lipinski definition) is 3. The summed E-state index contributed by atoms with van der Waals surface area (Å²) in [5.41, 5.74) is 0. The first kappa shape index (κ1) is 16.6. The summed E-state index contributed by atoms with van der Waals surface area (Å²) >= 11 is 0. The van der Waals surface area contributed by atoms with Crippen LogP contribution in [-0.4, -0.2) is 55.7 Å². The maximum atomic E-state index is 5.59. The molecule has 0 radical (unpaired) electrons. The van der Waals surface area contributed by atoms with Crippen molar-refractivity contribution < 1.29 is 25.8 Å². The van der Waals surface area contributed by atoms with E-state index in [4.69, 9.17) is 4.74 Å². The molecule has 0 spiro atoms. The zero-order chi connectivity index (χ0) is 10.9. The Hall–Kier alpha value is 0.568. The van der Waals surface area contributed by atoms with Gasteiger partial charge in [-0.1, -0.05) is 19.8 Å². The molecule has 1 fully saturated rings. The van der Waals surface area contributed by atoms with E-state index in [1.165, 1.54) is 19.3 Å². The zero-order valence-corrected chi connectivity index (χ0v) is 13.4. The van der Waals surface area contributed by atoms with E-state index >= 15 is 0 Å². The van der Waals surface area contributed by atoms with Crippen LogP contribution in [0.4, 0.5) is 0 Å². The van der Waals surface area contributed by atoms with Gasteiger partial charge < -0.3 is 9.64 Å². The monoisotopic (exact) mass is 397 g/mol. The zero-order valence-electron chi connectivity index (χ0n) is 10.5. The predicted molar refractivity (Wildman–Crippen MR) is 63.7 cm³/mol. The predicted octanol–water partition coefficient (Wildman–Crippen LogP) is 1.60. The molecule has 0 atom stereocenters. The van der Waals surface area contributed by atoms with Gasteiger partial charge in [0.1, 0.15) is 0 Å². The summed E-state index contributed by atoms with van der Waals surface area (Å²) in [5.74, 6) is 0. The average molecular weight is 397 g/mol. The molecular weight excluding hydrogens is 372 g/mol. The van der Waals surface area contributed by atoms with Crippen LogP contribution < -0.4 is 0 Å². The molecule has 1 heterocycles. The van der Waals surface area contributed by atoms with Crippen LogP contribution in [0, 0.1) is 7.05 Å². The molecule has 0 bridgehead atoms. The van der Waals surface area contributed by atoms with Crippen molar-refractivity contribution in [2.45, 2.75) is 26.2 Å². The summed E-state index contributed by atoms with van der Waals surface area (Å²) in [6.45, 7) is 9.59. The molecule has 0 N–H and O–H groups in total. The molecule has 96 valence electrons. The van der Waals surface area contributed by atoms with E-state index < -0.39 is 0 Å². The van der Waals surface area contributed by atoms with Gasteiger partial charge in [-0.2, -0.15) is 0 Å². The van der Waals surface area contributed by atoms with Crippen molar-refractivity contribution in [2.24, 2.45) is 0 Å². The van der Waals surface area contributed by atoms with Gasteiger partial charge in [0, 0.05) is 47.3 Å². The van der Waals surface area contributed by atoms with E-state index in [9.17, 15) is 0 Å². The fourth-order valence-corrected chi connectivity index (χ4v) is 1.76. The van der Waals surface area contributed by atoms with Crippen molar-refractivity contribution >= 4 is 0 Å². The Balaban J connectivity index is 0.00000225. The first-order chi connectivity index (χ1) is 7.33. The van der Waals surface area contributed by atoms with Crippen molar-refractivity contribution in [3.63, 3.8) is 0 Å². The van der Waals surface area contributed by atoms with Crippen molar-refractivity contribution in [3.8, 4) is 0 Å². The Morgan fingerprint density at radius 2 is 1.75 bits per heavy atom. The Labute approximate surface area is 115 Å². The fourth-order valence-electron chi connectivity index (χ4n) is 1.76. The van der Waals surface area contributed by atoms with Crippen LogP contribution >= 0.6 is 0 Å². The largest absolute Gasteiger partial charge is 0.457 e. The Morgan fingerprint density at radius 3 is 2.38 bits per heavy atom. The van der Waals surface area contributed by atoms with Crippen molar-refractivity contribution in [1.82, 2.24) is 9.80 Å². The summed E-state index contributed by atoms with van der Waals surface area (Å²) in [6.07, 6.45) is 3.78. The van der Waals surface area contributed by atoms with Gasteiger partial charge in [0.15, 0.2) is 0 Å². The van der Waals surface area contributed by atoms with Gasteiger partial charge >= 0.3 is 0 Å². The normalized spacial score (nSPS) is 18.4. The molecule has 1 aliphatic heterocycles. The molecule has 0 aromatic carbocycles. The first-order valence-corrected chi connectivity index (χ1v) is 6.18. The maximum absolute atomic E-state index is 5.59. The average Bonchev–Trinajstić information content (AvgIpc) is 2.26. The quantitative estimate of drug-likeness (QED) is 0.480. The molecule has 0 saturated carbocycles. The second-order valence-electron chi connectivity index (χ2n) is 4.28. The minimum absolute atomic E-state index is 0. The van der Waals surface area contributed by atoms with Gasteiger partial charge in [0.05, 0.1) is 6.61 Å². The molecule has 1 aliphatic rings. The summed E-state index contributed by atoms with van der Waals surface area (Å²) in [4.78, 5) is 4.60. The molecular formula is C12H25N2OW-. The van der Waals surface area contributed by atoms with Gasteiger partial charge in [-0.05, 0) is 19.5 Å². The van der Waals surface area contributed by atoms with E-state index in [1.54, 1.807) is 0 Å². The Kier molecular flexibility index (Phi) is 11.1. The van der Waals surface area contributed by atoms with Gasteiger partial charge in [-0.25, -0.2) is 0 Å². The van der Waals surface area contributed by atoms with Crippen molar-refractivity contribution in [2.75, 3.05) is 45.9 Å².